The average molecular weight is 597 g/mol. The third kappa shape index (κ3) is 5.98. The number of nitrogens with zero attached hydrogens (tertiary/aromatic N) is 4. The standard InChI is InChI=1S/C27H36BrF2N5O3/c1-27(2,3)38-26(36)35-18-6-7-19(35)14-34(13-18)24-20-8-9-21(28)22(30)23(20)32-25(33-24)37-15-16-5-4-10-31-12-17(29)11-16/h8-9,16-19,31H,4-7,10-15H2,1-3H3/t16-,17-,18?,19?/m1/s1. The lowest BCUT2D eigenvalue weighted by atomic mass is 9.96. The monoisotopic (exact) mass is 595 g/mol. The highest BCUT2D eigenvalue weighted by Gasteiger charge is 2.45. The van der Waals surface area contributed by atoms with Crippen molar-refractivity contribution in [2.24, 2.45) is 5.92 Å². The lowest BCUT2D eigenvalue weighted by molar-refractivity contribution is 0.0123. The number of amides is 1. The molecule has 3 aliphatic rings. The maximum absolute atomic E-state index is 15.2. The van der Waals surface area contributed by atoms with Gasteiger partial charge in [-0.05, 0) is 93.4 Å². The van der Waals surface area contributed by atoms with Crippen LogP contribution < -0.4 is 15.0 Å². The number of hydrogen-bond acceptors (Lipinski definition) is 7. The molecule has 0 aliphatic carbocycles. The van der Waals surface area contributed by atoms with E-state index in [0.29, 0.717) is 41.7 Å². The first-order valence-corrected chi connectivity index (χ1v) is 14.3. The predicted octanol–water partition coefficient (Wildman–Crippen LogP) is 5.23. The molecule has 3 fully saturated rings. The molecule has 4 heterocycles. The molecular weight excluding hydrogens is 560 g/mol. The van der Waals surface area contributed by atoms with Crippen LogP contribution in [-0.2, 0) is 4.74 Å². The molecule has 1 aromatic carbocycles. The molecule has 8 nitrogen and oxygen atoms in total. The van der Waals surface area contributed by atoms with Crippen molar-refractivity contribution in [2.75, 3.05) is 37.7 Å². The van der Waals surface area contributed by atoms with Crippen LogP contribution in [-0.4, -0.2) is 77.6 Å². The van der Waals surface area contributed by atoms with Crippen LogP contribution in [0.4, 0.5) is 19.4 Å². The highest BCUT2D eigenvalue weighted by Crippen LogP contribution is 2.37. The lowest BCUT2D eigenvalue weighted by Crippen LogP contribution is -2.57. The Hall–Kier alpha value is -2.27. The van der Waals surface area contributed by atoms with Gasteiger partial charge >= 0.3 is 12.1 Å². The minimum atomic E-state index is -0.929. The van der Waals surface area contributed by atoms with Gasteiger partial charge in [0.15, 0.2) is 5.82 Å². The average Bonchev–Trinajstić information content (AvgIpc) is 3.11. The van der Waals surface area contributed by atoms with Gasteiger partial charge in [0.05, 0.1) is 23.2 Å². The van der Waals surface area contributed by atoms with E-state index >= 15 is 4.39 Å². The van der Waals surface area contributed by atoms with Gasteiger partial charge in [0, 0.05) is 25.0 Å². The number of anilines is 1. The number of rotatable bonds is 4. The van der Waals surface area contributed by atoms with E-state index in [1.807, 2.05) is 25.7 Å². The Morgan fingerprint density at radius 1 is 1.18 bits per heavy atom. The molecule has 38 heavy (non-hydrogen) atoms. The van der Waals surface area contributed by atoms with Crippen molar-refractivity contribution >= 4 is 38.7 Å². The first-order chi connectivity index (χ1) is 18.1. The first kappa shape index (κ1) is 27.3. The Labute approximate surface area is 230 Å². The van der Waals surface area contributed by atoms with Gasteiger partial charge in [0.2, 0.25) is 0 Å². The van der Waals surface area contributed by atoms with Crippen LogP contribution in [0, 0.1) is 11.7 Å². The van der Waals surface area contributed by atoms with E-state index in [2.05, 4.69) is 31.1 Å². The number of carbonyl (C=O) groups is 1. The predicted molar refractivity (Wildman–Crippen MR) is 145 cm³/mol. The van der Waals surface area contributed by atoms with E-state index in [1.165, 1.54) is 0 Å². The van der Waals surface area contributed by atoms with Crippen molar-refractivity contribution < 1.29 is 23.0 Å². The summed E-state index contributed by atoms with van der Waals surface area (Å²) >= 11 is 3.27. The summed E-state index contributed by atoms with van der Waals surface area (Å²) in [6, 6.07) is 3.49. The van der Waals surface area contributed by atoms with Crippen molar-refractivity contribution in [1.29, 1.82) is 0 Å². The second kappa shape index (κ2) is 11.1. The van der Waals surface area contributed by atoms with E-state index in [9.17, 15) is 9.18 Å². The Bertz CT molecular complexity index is 1170. The number of piperazine rings is 1. The molecule has 3 saturated heterocycles. The van der Waals surface area contributed by atoms with Gasteiger partial charge in [-0.25, -0.2) is 13.6 Å². The third-order valence-electron chi connectivity index (χ3n) is 7.47. The summed E-state index contributed by atoms with van der Waals surface area (Å²) < 4.78 is 41.4. The van der Waals surface area contributed by atoms with Gasteiger partial charge in [-0.1, -0.05) is 0 Å². The largest absolute Gasteiger partial charge is 0.463 e. The summed E-state index contributed by atoms with van der Waals surface area (Å²) in [6.07, 6.45) is 2.70. The number of alkyl halides is 1. The molecule has 11 heteroatoms. The fourth-order valence-electron chi connectivity index (χ4n) is 5.78. The summed E-state index contributed by atoms with van der Waals surface area (Å²) in [4.78, 5) is 26.0. The number of benzene rings is 1. The topological polar surface area (TPSA) is 79.8 Å². The fourth-order valence-corrected chi connectivity index (χ4v) is 6.10. The molecule has 208 valence electrons. The van der Waals surface area contributed by atoms with Crippen molar-refractivity contribution in [3.63, 3.8) is 0 Å². The van der Waals surface area contributed by atoms with Gasteiger partial charge in [-0.2, -0.15) is 9.97 Å². The zero-order valence-electron chi connectivity index (χ0n) is 22.2. The molecule has 1 aromatic heterocycles. The Balaban J connectivity index is 1.40. The van der Waals surface area contributed by atoms with Crippen LogP contribution in [0.1, 0.15) is 52.9 Å². The Morgan fingerprint density at radius 3 is 2.63 bits per heavy atom. The number of halogens is 3. The maximum atomic E-state index is 15.2. The molecule has 1 N–H and O–H groups in total. The van der Waals surface area contributed by atoms with Crippen LogP contribution in [0.2, 0.25) is 0 Å². The molecule has 0 spiro atoms. The van der Waals surface area contributed by atoms with Crippen molar-refractivity contribution in [2.45, 2.75) is 76.7 Å². The van der Waals surface area contributed by atoms with Crippen molar-refractivity contribution in [3.8, 4) is 6.01 Å². The molecule has 0 radical (unpaired) electrons. The van der Waals surface area contributed by atoms with Crippen LogP contribution in [0.15, 0.2) is 16.6 Å². The second-order valence-electron chi connectivity index (χ2n) is 11.6. The van der Waals surface area contributed by atoms with Crippen LogP contribution in [0.3, 0.4) is 0 Å². The highest BCUT2D eigenvalue weighted by molar-refractivity contribution is 9.10. The van der Waals surface area contributed by atoms with Gasteiger partial charge in [-0.15, -0.1) is 0 Å². The van der Waals surface area contributed by atoms with Gasteiger partial charge < -0.3 is 19.7 Å². The number of ether oxygens (including phenoxy) is 2. The normalized spacial score (nSPS) is 26.3. The number of aromatic nitrogens is 2. The van der Waals surface area contributed by atoms with Crippen LogP contribution in [0.25, 0.3) is 10.9 Å². The molecule has 2 bridgehead atoms. The summed E-state index contributed by atoms with van der Waals surface area (Å²) in [5.41, 5.74) is -0.394. The molecule has 2 unspecified atom stereocenters. The summed E-state index contributed by atoms with van der Waals surface area (Å²) in [6.45, 7) is 8.12. The minimum Gasteiger partial charge on any atom is -0.463 e. The molecule has 4 atom stereocenters. The summed E-state index contributed by atoms with van der Waals surface area (Å²) in [5.74, 6) is 0.144. The number of carbonyl (C=O) groups excluding carboxylic acids is 1. The first-order valence-electron chi connectivity index (χ1n) is 13.5. The minimum absolute atomic E-state index is 0.0247. The van der Waals surface area contributed by atoms with Gasteiger partial charge in [0.1, 0.15) is 23.1 Å². The zero-order chi connectivity index (χ0) is 27.0. The van der Waals surface area contributed by atoms with E-state index in [-0.39, 0.29) is 42.2 Å². The van der Waals surface area contributed by atoms with Crippen LogP contribution in [0.5, 0.6) is 6.01 Å². The number of nitrogens with one attached hydrogen (secondary N) is 1. The van der Waals surface area contributed by atoms with E-state index in [0.717, 1.165) is 32.2 Å². The lowest BCUT2D eigenvalue weighted by Gasteiger charge is -2.42. The molecule has 2 aromatic rings. The molecule has 1 amide bonds. The zero-order valence-corrected chi connectivity index (χ0v) is 23.8. The van der Waals surface area contributed by atoms with E-state index in [1.54, 1.807) is 12.1 Å². The maximum Gasteiger partial charge on any atom is 0.410 e. The Kier molecular flexibility index (Phi) is 7.96. The quantitative estimate of drug-likeness (QED) is 0.518. The molecular formula is C27H36BrF2N5O3. The summed E-state index contributed by atoms with van der Waals surface area (Å²) in [5, 5.41) is 3.70. The van der Waals surface area contributed by atoms with Crippen molar-refractivity contribution in [3.05, 3.63) is 22.4 Å². The highest BCUT2D eigenvalue weighted by atomic mass is 79.9. The van der Waals surface area contributed by atoms with Gasteiger partial charge in [0.25, 0.3) is 0 Å². The van der Waals surface area contributed by atoms with Gasteiger partial charge in [-0.3, -0.25) is 4.90 Å². The second-order valence-corrected chi connectivity index (χ2v) is 12.5. The summed E-state index contributed by atoms with van der Waals surface area (Å²) in [7, 11) is 0. The van der Waals surface area contributed by atoms with E-state index < -0.39 is 17.6 Å². The smallest absolute Gasteiger partial charge is 0.410 e. The number of hydrogen-bond donors (Lipinski definition) is 1. The van der Waals surface area contributed by atoms with Crippen LogP contribution >= 0.6 is 15.9 Å². The Morgan fingerprint density at radius 2 is 1.92 bits per heavy atom. The molecule has 5 rings (SSSR count). The third-order valence-corrected chi connectivity index (χ3v) is 8.09. The fraction of sp³-hybridized carbons (Fsp3) is 0.667. The SMILES string of the molecule is CC(C)(C)OC(=O)N1C2CCC1CN(c1nc(OC[C@@H]3CCCNC[C@H](F)C3)nc3c(F)c(Br)ccc13)C2. The molecule has 3 aliphatic heterocycles. The molecule has 0 saturated carbocycles. The number of fused-ring (bicyclic) bond motifs is 3. The van der Waals surface area contributed by atoms with Crippen molar-refractivity contribution in [1.82, 2.24) is 20.2 Å². The van der Waals surface area contributed by atoms with E-state index in [4.69, 9.17) is 14.5 Å².